The summed E-state index contributed by atoms with van der Waals surface area (Å²) in [6.07, 6.45) is 1.07. The molecule has 2 aliphatic heterocycles. The van der Waals surface area contributed by atoms with Gasteiger partial charge < -0.3 is 14.6 Å². The molecule has 6 heteroatoms. The van der Waals surface area contributed by atoms with Gasteiger partial charge in [-0.05, 0) is 37.4 Å². The molecule has 1 fully saturated rings. The summed E-state index contributed by atoms with van der Waals surface area (Å²) in [5, 5.41) is 0.729. The summed E-state index contributed by atoms with van der Waals surface area (Å²) >= 11 is 6.31. The number of aliphatic imine (C=N–C) groups is 1. The van der Waals surface area contributed by atoms with E-state index >= 15 is 0 Å². The Morgan fingerprint density at radius 1 is 1.04 bits per heavy atom. The molecule has 4 rings (SSSR count). The lowest BCUT2D eigenvalue weighted by atomic mass is 9.85. The van der Waals surface area contributed by atoms with Gasteiger partial charge in [0.25, 0.3) is 0 Å². The van der Waals surface area contributed by atoms with Gasteiger partial charge in [0, 0.05) is 42.5 Å². The molecule has 2 aromatic carbocycles. The summed E-state index contributed by atoms with van der Waals surface area (Å²) in [6.45, 7) is 6.32. The standard InChI is InChI=1S/C20H24BClN4/c1-3-21-26-18-7-5-4-6-16(18)20(25-12-10-24(2)11-13-25)23-17-14-15(22)8-9-19(17)26/h4-9,14,21H,3,10-13H2,1-2H3. The van der Waals surface area contributed by atoms with Crippen LogP contribution in [-0.2, 0) is 0 Å². The Labute approximate surface area is 161 Å². The van der Waals surface area contributed by atoms with Gasteiger partial charge >= 0.3 is 0 Å². The van der Waals surface area contributed by atoms with Crippen molar-refractivity contribution in [2.45, 2.75) is 13.2 Å². The molecule has 0 bridgehead atoms. The molecule has 0 aliphatic carbocycles. The number of amidine groups is 1. The van der Waals surface area contributed by atoms with Crippen molar-refractivity contribution < 1.29 is 0 Å². The van der Waals surface area contributed by atoms with Gasteiger partial charge in [-0.15, -0.1) is 0 Å². The molecule has 0 saturated carbocycles. The lowest BCUT2D eigenvalue weighted by molar-refractivity contribution is 0.216. The van der Waals surface area contributed by atoms with Crippen LogP contribution in [0.3, 0.4) is 0 Å². The van der Waals surface area contributed by atoms with Gasteiger partial charge in [-0.2, -0.15) is 0 Å². The molecule has 26 heavy (non-hydrogen) atoms. The lowest BCUT2D eigenvalue weighted by Crippen LogP contribution is -2.47. The number of fused-ring (bicyclic) bond motifs is 2. The Kier molecular flexibility index (Phi) is 4.92. The summed E-state index contributed by atoms with van der Waals surface area (Å²) < 4.78 is 0. The van der Waals surface area contributed by atoms with E-state index in [0.29, 0.717) is 0 Å². The van der Waals surface area contributed by atoms with Crippen molar-refractivity contribution in [3.05, 3.63) is 53.1 Å². The maximum Gasteiger partial charge on any atom is 0.242 e. The van der Waals surface area contributed by atoms with E-state index in [9.17, 15) is 0 Å². The number of hydrogen-bond acceptors (Lipinski definition) is 4. The Hall–Kier alpha value is -1.98. The molecule has 2 aromatic rings. The molecular weight excluding hydrogens is 343 g/mol. The quantitative estimate of drug-likeness (QED) is 0.752. The van der Waals surface area contributed by atoms with Crippen LogP contribution in [-0.4, -0.2) is 56.3 Å². The Bertz CT molecular complexity index is 830. The molecule has 2 aliphatic rings. The van der Waals surface area contributed by atoms with Crippen molar-refractivity contribution in [1.29, 1.82) is 0 Å². The van der Waals surface area contributed by atoms with Gasteiger partial charge in [-0.25, -0.2) is 4.99 Å². The van der Waals surface area contributed by atoms with Gasteiger partial charge in [0.15, 0.2) is 0 Å². The van der Waals surface area contributed by atoms with Crippen LogP contribution in [0.4, 0.5) is 17.1 Å². The summed E-state index contributed by atoms with van der Waals surface area (Å²) in [6, 6.07) is 14.7. The van der Waals surface area contributed by atoms with E-state index in [4.69, 9.17) is 16.6 Å². The topological polar surface area (TPSA) is 22.1 Å². The first-order valence-electron chi connectivity index (χ1n) is 9.36. The predicted molar refractivity (Wildman–Crippen MR) is 113 cm³/mol. The van der Waals surface area contributed by atoms with Gasteiger partial charge in [0.2, 0.25) is 7.41 Å². The largest absolute Gasteiger partial charge is 0.388 e. The fourth-order valence-corrected chi connectivity index (χ4v) is 3.91. The summed E-state index contributed by atoms with van der Waals surface area (Å²) in [4.78, 5) is 12.3. The van der Waals surface area contributed by atoms with Crippen molar-refractivity contribution in [2.75, 3.05) is 38.0 Å². The monoisotopic (exact) mass is 366 g/mol. The van der Waals surface area contributed by atoms with E-state index in [2.05, 4.69) is 58.9 Å². The van der Waals surface area contributed by atoms with Crippen LogP contribution in [0.5, 0.6) is 0 Å². The van der Waals surface area contributed by atoms with Crippen LogP contribution < -0.4 is 4.81 Å². The van der Waals surface area contributed by atoms with Crippen LogP contribution in [0.15, 0.2) is 47.5 Å². The predicted octanol–water partition coefficient (Wildman–Crippen LogP) is 3.91. The Balaban J connectivity index is 1.88. The number of benzene rings is 2. The zero-order valence-electron chi connectivity index (χ0n) is 15.5. The third kappa shape index (κ3) is 3.22. The number of rotatable bonds is 2. The lowest BCUT2D eigenvalue weighted by Gasteiger charge is -2.35. The van der Waals surface area contributed by atoms with E-state index in [-0.39, 0.29) is 0 Å². The van der Waals surface area contributed by atoms with E-state index in [1.165, 1.54) is 11.3 Å². The summed E-state index contributed by atoms with van der Waals surface area (Å²) in [5.74, 6) is 1.07. The molecule has 0 radical (unpaired) electrons. The minimum absolute atomic E-state index is 0.729. The molecular formula is C20H24BClN4. The first-order chi connectivity index (χ1) is 12.7. The number of halogens is 1. The molecule has 0 N–H and O–H groups in total. The molecule has 0 unspecified atom stereocenters. The number of hydrogen-bond donors (Lipinski definition) is 0. The van der Waals surface area contributed by atoms with Gasteiger partial charge in [-0.1, -0.05) is 37.0 Å². The normalized spacial score (nSPS) is 17.3. The second kappa shape index (κ2) is 7.33. The number of nitrogens with zero attached hydrogens (tertiary/aromatic N) is 4. The first-order valence-corrected chi connectivity index (χ1v) is 9.74. The molecule has 134 valence electrons. The Morgan fingerprint density at radius 3 is 2.58 bits per heavy atom. The van der Waals surface area contributed by atoms with Crippen LogP contribution in [0.25, 0.3) is 0 Å². The summed E-state index contributed by atoms with van der Waals surface area (Å²) in [5.41, 5.74) is 4.52. The van der Waals surface area contributed by atoms with Crippen molar-refractivity contribution in [1.82, 2.24) is 9.80 Å². The van der Waals surface area contributed by atoms with Gasteiger partial charge in [-0.3, -0.25) is 0 Å². The maximum absolute atomic E-state index is 6.31. The highest BCUT2D eigenvalue weighted by atomic mass is 35.5. The van der Waals surface area contributed by atoms with E-state index in [0.717, 1.165) is 62.1 Å². The second-order valence-electron chi connectivity index (χ2n) is 7.03. The SMILES string of the molecule is CCBN1c2ccc(Cl)cc2N=C(N2CCN(C)CC2)c2ccccc21. The molecule has 4 nitrogen and oxygen atoms in total. The molecule has 2 heterocycles. The zero-order chi connectivity index (χ0) is 18.1. The zero-order valence-corrected chi connectivity index (χ0v) is 16.2. The minimum atomic E-state index is 0.729. The van der Waals surface area contributed by atoms with Crippen molar-refractivity contribution in [3.63, 3.8) is 0 Å². The molecule has 0 atom stereocenters. The van der Waals surface area contributed by atoms with Crippen molar-refractivity contribution >= 4 is 41.9 Å². The number of anilines is 2. The third-order valence-electron chi connectivity index (χ3n) is 5.14. The highest BCUT2D eigenvalue weighted by molar-refractivity contribution is 6.45. The minimum Gasteiger partial charge on any atom is -0.388 e. The van der Waals surface area contributed by atoms with Crippen LogP contribution in [0.2, 0.25) is 11.3 Å². The summed E-state index contributed by atoms with van der Waals surface area (Å²) in [7, 11) is 3.13. The second-order valence-corrected chi connectivity index (χ2v) is 7.46. The van der Waals surface area contributed by atoms with Crippen LogP contribution in [0, 0.1) is 0 Å². The highest BCUT2D eigenvalue weighted by Crippen LogP contribution is 2.41. The van der Waals surface area contributed by atoms with E-state index in [1.807, 2.05) is 12.1 Å². The molecule has 0 aromatic heterocycles. The van der Waals surface area contributed by atoms with Crippen molar-refractivity contribution in [3.8, 4) is 0 Å². The maximum atomic E-state index is 6.31. The molecule has 0 spiro atoms. The average molecular weight is 367 g/mol. The fourth-order valence-electron chi connectivity index (χ4n) is 3.74. The fraction of sp³-hybridized carbons (Fsp3) is 0.350. The smallest absolute Gasteiger partial charge is 0.242 e. The number of piperazine rings is 1. The van der Waals surface area contributed by atoms with E-state index < -0.39 is 0 Å². The molecule has 0 amide bonds. The first kappa shape index (κ1) is 17.4. The van der Waals surface area contributed by atoms with Gasteiger partial charge in [0.1, 0.15) is 5.84 Å². The van der Waals surface area contributed by atoms with Crippen LogP contribution >= 0.6 is 11.6 Å². The molecule has 1 saturated heterocycles. The number of para-hydroxylation sites is 1. The number of likely N-dealkylation sites (N-methyl/N-ethyl adjacent to an activating group) is 1. The third-order valence-corrected chi connectivity index (χ3v) is 5.38. The van der Waals surface area contributed by atoms with Crippen LogP contribution in [0.1, 0.15) is 12.5 Å². The average Bonchev–Trinajstić information content (AvgIpc) is 2.78. The highest BCUT2D eigenvalue weighted by Gasteiger charge is 2.27. The van der Waals surface area contributed by atoms with Gasteiger partial charge in [0.05, 0.1) is 11.4 Å². The van der Waals surface area contributed by atoms with Crippen molar-refractivity contribution in [2.24, 2.45) is 4.99 Å². The van der Waals surface area contributed by atoms with E-state index in [1.54, 1.807) is 0 Å². The Morgan fingerprint density at radius 2 is 1.81 bits per heavy atom.